The maximum Gasteiger partial charge on any atom is 0.223 e. The second kappa shape index (κ2) is 7.52. The third-order valence-electron chi connectivity index (χ3n) is 3.06. The number of rotatable bonds is 6. The van der Waals surface area contributed by atoms with Crippen molar-refractivity contribution in [2.75, 3.05) is 13.6 Å². The molecular formula is C15H19FN2O. The Hall–Kier alpha value is -1.89. The number of hydrogen-bond donors (Lipinski definition) is 0. The number of carbonyl (C=O) groups excluding carboxylic acids is 1. The Morgan fingerprint density at radius 3 is 2.84 bits per heavy atom. The molecule has 1 unspecified atom stereocenters. The number of carbonyl (C=O) groups is 1. The lowest BCUT2D eigenvalue weighted by atomic mass is 9.96. The van der Waals surface area contributed by atoms with Crippen molar-refractivity contribution >= 4 is 5.91 Å². The first kappa shape index (κ1) is 15.2. The van der Waals surface area contributed by atoms with Crippen LogP contribution in [-0.4, -0.2) is 24.4 Å². The van der Waals surface area contributed by atoms with Crippen molar-refractivity contribution in [1.29, 1.82) is 5.26 Å². The highest BCUT2D eigenvalue weighted by molar-refractivity contribution is 5.77. The van der Waals surface area contributed by atoms with Gasteiger partial charge in [-0.2, -0.15) is 5.26 Å². The van der Waals surface area contributed by atoms with Crippen molar-refractivity contribution in [3.05, 3.63) is 35.6 Å². The number of nitriles is 1. The van der Waals surface area contributed by atoms with Crippen LogP contribution in [0.1, 0.15) is 37.7 Å². The molecule has 0 fully saturated rings. The normalized spacial score (nSPS) is 11.7. The summed E-state index contributed by atoms with van der Waals surface area (Å²) in [7, 11) is 1.73. The van der Waals surface area contributed by atoms with Crippen molar-refractivity contribution in [2.24, 2.45) is 0 Å². The van der Waals surface area contributed by atoms with Crippen LogP contribution in [0.15, 0.2) is 24.3 Å². The van der Waals surface area contributed by atoms with Crippen LogP contribution in [-0.2, 0) is 4.79 Å². The van der Waals surface area contributed by atoms with Crippen LogP contribution >= 0.6 is 0 Å². The molecular weight excluding hydrogens is 243 g/mol. The fourth-order valence-electron chi connectivity index (χ4n) is 1.81. The van der Waals surface area contributed by atoms with Crippen molar-refractivity contribution in [3.8, 4) is 6.07 Å². The Labute approximate surface area is 113 Å². The Kier molecular flexibility index (Phi) is 6.01. The molecule has 1 atom stereocenters. The average Bonchev–Trinajstić information content (AvgIpc) is 2.41. The molecule has 0 saturated heterocycles. The Bertz CT molecular complexity index is 467. The van der Waals surface area contributed by atoms with E-state index in [0.717, 1.165) is 12.8 Å². The molecule has 0 radical (unpaired) electrons. The summed E-state index contributed by atoms with van der Waals surface area (Å²) in [6.07, 6.45) is 2.06. The molecule has 4 heteroatoms. The standard InChI is InChI=1S/C15H19FN2O/c1-3-4-8-18(2)15(19)10-13(11-17)12-6-5-7-14(16)9-12/h5-7,9,13H,3-4,8,10H2,1-2H3. The Morgan fingerprint density at radius 2 is 2.26 bits per heavy atom. The van der Waals surface area contributed by atoms with Crippen LogP contribution in [0, 0.1) is 17.1 Å². The minimum Gasteiger partial charge on any atom is -0.346 e. The van der Waals surface area contributed by atoms with Gasteiger partial charge >= 0.3 is 0 Å². The lowest BCUT2D eigenvalue weighted by Crippen LogP contribution is -2.28. The van der Waals surface area contributed by atoms with E-state index in [9.17, 15) is 9.18 Å². The van der Waals surface area contributed by atoms with Gasteiger partial charge in [-0.15, -0.1) is 0 Å². The smallest absolute Gasteiger partial charge is 0.223 e. The maximum absolute atomic E-state index is 13.1. The summed E-state index contributed by atoms with van der Waals surface area (Å²) < 4.78 is 13.1. The molecule has 0 N–H and O–H groups in total. The monoisotopic (exact) mass is 262 g/mol. The SMILES string of the molecule is CCCCN(C)C(=O)CC(C#N)c1cccc(F)c1. The van der Waals surface area contributed by atoms with Gasteiger partial charge in [0, 0.05) is 20.0 Å². The molecule has 0 aliphatic heterocycles. The molecule has 19 heavy (non-hydrogen) atoms. The topological polar surface area (TPSA) is 44.1 Å². The largest absolute Gasteiger partial charge is 0.346 e. The molecule has 0 aliphatic rings. The van der Waals surface area contributed by atoms with Crippen LogP contribution in [0.5, 0.6) is 0 Å². The van der Waals surface area contributed by atoms with Crippen LogP contribution in [0.4, 0.5) is 4.39 Å². The van der Waals surface area contributed by atoms with E-state index in [1.807, 2.05) is 0 Å². The summed E-state index contributed by atoms with van der Waals surface area (Å²) in [4.78, 5) is 13.6. The number of benzene rings is 1. The zero-order chi connectivity index (χ0) is 14.3. The Balaban J connectivity index is 2.67. The first-order valence-electron chi connectivity index (χ1n) is 6.47. The van der Waals surface area contributed by atoms with Crippen LogP contribution in [0.3, 0.4) is 0 Å². The molecule has 1 rings (SSSR count). The zero-order valence-corrected chi connectivity index (χ0v) is 11.4. The first-order chi connectivity index (χ1) is 9.08. The van der Waals surface area contributed by atoms with Crippen molar-refractivity contribution in [1.82, 2.24) is 4.90 Å². The summed E-state index contributed by atoms with van der Waals surface area (Å²) in [5, 5.41) is 9.13. The molecule has 0 aromatic heterocycles. The third kappa shape index (κ3) is 4.70. The number of unbranched alkanes of at least 4 members (excludes halogenated alkanes) is 1. The van der Waals surface area contributed by atoms with E-state index in [0.29, 0.717) is 12.1 Å². The van der Waals surface area contributed by atoms with Crippen molar-refractivity contribution in [3.63, 3.8) is 0 Å². The van der Waals surface area contributed by atoms with Gasteiger partial charge in [-0.25, -0.2) is 4.39 Å². The molecule has 0 aliphatic carbocycles. The highest BCUT2D eigenvalue weighted by Crippen LogP contribution is 2.20. The number of amides is 1. The van der Waals surface area contributed by atoms with Gasteiger partial charge < -0.3 is 4.90 Å². The van der Waals surface area contributed by atoms with Gasteiger partial charge in [-0.1, -0.05) is 25.5 Å². The molecule has 0 spiro atoms. The highest BCUT2D eigenvalue weighted by Gasteiger charge is 2.18. The van der Waals surface area contributed by atoms with Crippen molar-refractivity contribution < 1.29 is 9.18 Å². The van der Waals surface area contributed by atoms with Gasteiger partial charge in [-0.05, 0) is 24.1 Å². The Morgan fingerprint density at radius 1 is 1.53 bits per heavy atom. The summed E-state index contributed by atoms with van der Waals surface area (Å²) >= 11 is 0. The van der Waals surface area contributed by atoms with E-state index in [-0.39, 0.29) is 18.1 Å². The molecule has 0 bridgehead atoms. The van der Waals surface area contributed by atoms with Gasteiger partial charge in [0.05, 0.1) is 12.0 Å². The van der Waals surface area contributed by atoms with E-state index in [4.69, 9.17) is 5.26 Å². The number of hydrogen-bond acceptors (Lipinski definition) is 2. The second-order valence-electron chi connectivity index (χ2n) is 4.61. The van der Waals surface area contributed by atoms with E-state index in [1.165, 1.54) is 12.1 Å². The van der Waals surface area contributed by atoms with Crippen LogP contribution < -0.4 is 0 Å². The quantitative estimate of drug-likeness (QED) is 0.790. The van der Waals surface area contributed by atoms with Crippen LogP contribution in [0.2, 0.25) is 0 Å². The first-order valence-corrected chi connectivity index (χ1v) is 6.47. The van der Waals surface area contributed by atoms with E-state index in [2.05, 4.69) is 13.0 Å². The summed E-state index contributed by atoms with van der Waals surface area (Å²) in [6, 6.07) is 7.95. The van der Waals surface area contributed by atoms with Gasteiger partial charge in [0.1, 0.15) is 5.82 Å². The summed E-state index contributed by atoms with van der Waals surface area (Å²) in [5.74, 6) is -1.05. The van der Waals surface area contributed by atoms with Crippen molar-refractivity contribution in [2.45, 2.75) is 32.1 Å². The molecule has 0 saturated carbocycles. The fraction of sp³-hybridized carbons (Fsp3) is 0.467. The lowest BCUT2D eigenvalue weighted by molar-refractivity contribution is -0.130. The van der Waals surface area contributed by atoms with Gasteiger partial charge in [0.25, 0.3) is 0 Å². The fourth-order valence-corrected chi connectivity index (χ4v) is 1.81. The molecule has 1 aromatic carbocycles. The highest BCUT2D eigenvalue weighted by atomic mass is 19.1. The minimum atomic E-state index is -0.590. The average molecular weight is 262 g/mol. The van der Waals surface area contributed by atoms with Gasteiger partial charge in [0.2, 0.25) is 5.91 Å². The zero-order valence-electron chi connectivity index (χ0n) is 11.4. The predicted molar refractivity (Wildman–Crippen MR) is 71.9 cm³/mol. The third-order valence-corrected chi connectivity index (χ3v) is 3.06. The van der Waals surface area contributed by atoms with Crippen LogP contribution in [0.25, 0.3) is 0 Å². The number of halogens is 1. The maximum atomic E-state index is 13.1. The molecule has 0 heterocycles. The predicted octanol–water partition coefficient (Wildman–Crippen LogP) is 3.08. The van der Waals surface area contributed by atoms with Gasteiger partial charge in [0.15, 0.2) is 0 Å². The second-order valence-corrected chi connectivity index (χ2v) is 4.61. The molecule has 102 valence electrons. The lowest BCUT2D eigenvalue weighted by Gasteiger charge is -2.18. The molecule has 1 amide bonds. The summed E-state index contributed by atoms with van der Waals surface area (Å²) in [6.45, 7) is 2.75. The molecule has 3 nitrogen and oxygen atoms in total. The van der Waals surface area contributed by atoms with E-state index < -0.39 is 5.92 Å². The van der Waals surface area contributed by atoms with E-state index in [1.54, 1.807) is 24.1 Å². The molecule has 1 aromatic rings. The number of nitrogens with zero attached hydrogens (tertiary/aromatic N) is 2. The van der Waals surface area contributed by atoms with E-state index >= 15 is 0 Å². The van der Waals surface area contributed by atoms with Gasteiger partial charge in [-0.3, -0.25) is 4.79 Å². The minimum absolute atomic E-state index is 0.0794. The summed E-state index contributed by atoms with van der Waals surface area (Å²) in [5.41, 5.74) is 0.555.